The standard InChI is InChI=1S/C7H4ClN3O/c8-4-1-3(12)2-5-6(4)11-7(9)10-5/h1-2H,(H2,9,10). The van der Waals surface area contributed by atoms with Crippen molar-refractivity contribution < 1.29 is 4.79 Å². The fourth-order valence-electron chi connectivity index (χ4n) is 1.02. The number of halogens is 1. The minimum absolute atomic E-state index is 0.137. The molecule has 4 nitrogen and oxygen atoms in total. The summed E-state index contributed by atoms with van der Waals surface area (Å²) in [5, 5.41) is 0.293. The molecule has 60 valence electrons. The Morgan fingerprint density at radius 2 is 2.08 bits per heavy atom. The molecule has 5 heteroatoms. The largest absolute Gasteiger partial charge is 0.368 e. The lowest BCUT2D eigenvalue weighted by molar-refractivity contribution is -0.110. The Kier molecular flexibility index (Phi) is 1.38. The summed E-state index contributed by atoms with van der Waals surface area (Å²) in [6.07, 6.45) is 2.64. The zero-order valence-corrected chi connectivity index (χ0v) is 6.67. The molecular weight excluding hydrogens is 178 g/mol. The molecule has 0 fully saturated rings. The Labute approximate surface area is 73.1 Å². The van der Waals surface area contributed by atoms with Crippen LogP contribution < -0.4 is 5.73 Å². The maximum Gasteiger partial charge on any atom is 0.221 e. The normalized spacial score (nSPS) is 20.9. The van der Waals surface area contributed by atoms with E-state index in [-0.39, 0.29) is 11.7 Å². The third kappa shape index (κ3) is 0.967. The van der Waals surface area contributed by atoms with Crippen LogP contribution in [0.4, 0.5) is 0 Å². The van der Waals surface area contributed by atoms with E-state index in [1.54, 1.807) is 0 Å². The Balaban J connectivity index is 2.54. The number of carbonyl (C=O) groups is 1. The van der Waals surface area contributed by atoms with Crippen molar-refractivity contribution in [3.63, 3.8) is 0 Å². The van der Waals surface area contributed by atoms with Gasteiger partial charge in [-0.25, -0.2) is 9.98 Å². The molecule has 0 aromatic carbocycles. The molecule has 1 aliphatic heterocycles. The van der Waals surface area contributed by atoms with Gasteiger partial charge in [0.15, 0.2) is 5.78 Å². The third-order valence-corrected chi connectivity index (χ3v) is 1.77. The van der Waals surface area contributed by atoms with Crippen LogP contribution in [0.3, 0.4) is 0 Å². The smallest absolute Gasteiger partial charge is 0.221 e. The highest BCUT2D eigenvalue weighted by atomic mass is 35.5. The predicted molar refractivity (Wildman–Crippen MR) is 46.1 cm³/mol. The molecule has 0 aromatic heterocycles. The number of carbonyl (C=O) groups excluding carboxylic acids is 1. The zero-order chi connectivity index (χ0) is 8.72. The van der Waals surface area contributed by atoms with Gasteiger partial charge < -0.3 is 5.73 Å². The van der Waals surface area contributed by atoms with Gasteiger partial charge in [-0.2, -0.15) is 0 Å². The average Bonchev–Trinajstić information content (AvgIpc) is 2.29. The maximum atomic E-state index is 10.9. The van der Waals surface area contributed by atoms with E-state index in [0.29, 0.717) is 16.4 Å². The summed E-state index contributed by atoms with van der Waals surface area (Å²) in [4.78, 5) is 18.6. The van der Waals surface area contributed by atoms with Crippen LogP contribution in [0.5, 0.6) is 0 Å². The first-order valence-corrected chi connectivity index (χ1v) is 3.61. The molecule has 0 saturated heterocycles. The topological polar surface area (TPSA) is 67.8 Å². The van der Waals surface area contributed by atoms with Crippen LogP contribution in [0.2, 0.25) is 0 Å². The number of allylic oxidation sites excluding steroid dienone is 3. The van der Waals surface area contributed by atoms with Gasteiger partial charge in [0.05, 0.1) is 10.7 Å². The summed E-state index contributed by atoms with van der Waals surface area (Å²) >= 11 is 5.72. The molecule has 0 unspecified atom stereocenters. The highest BCUT2D eigenvalue weighted by Gasteiger charge is 2.22. The Hall–Kier alpha value is -1.42. The van der Waals surface area contributed by atoms with Crippen molar-refractivity contribution in [1.29, 1.82) is 0 Å². The van der Waals surface area contributed by atoms with Crippen LogP contribution in [-0.2, 0) is 4.79 Å². The average molecular weight is 182 g/mol. The number of ketones is 1. The van der Waals surface area contributed by atoms with E-state index in [1.165, 1.54) is 12.2 Å². The first-order valence-electron chi connectivity index (χ1n) is 3.23. The molecule has 0 amide bonds. The summed E-state index contributed by atoms with van der Waals surface area (Å²) in [5.74, 6) is -0.0510. The van der Waals surface area contributed by atoms with Crippen molar-refractivity contribution in [1.82, 2.24) is 0 Å². The van der Waals surface area contributed by atoms with Gasteiger partial charge in [-0.1, -0.05) is 11.6 Å². The molecule has 1 aliphatic carbocycles. The summed E-state index contributed by atoms with van der Waals surface area (Å²) in [6.45, 7) is 0. The molecule has 0 saturated carbocycles. The molecule has 0 atom stereocenters. The van der Waals surface area contributed by atoms with E-state index in [1.807, 2.05) is 0 Å². The Morgan fingerprint density at radius 1 is 1.33 bits per heavy atom. The van der Waals surface area contributed by atoms with Gasteiger partial charge in [0.25, 0.3) is 0 Å². The fourth-order valence-corrected chi connectivity index (χ4v) is 1.27. The second kappa shape index (κ2) is 2.28. The van der Waals surface area contributed by atoms with Crippen molar-refractivity contribution in [3.05, 3.63) is 22.9 Å². The van der Waals surface area contributed by atoms with E-state index in [9.17, 15) is 4.79 Å². The number of hydrogen-bond donors (Lipinski definition) is 1. The van der Waals surface area contributed by atoms with E-state index < -0.39 is 0 Å². The van der Waals surface area contributed by atoms with Gasteiger partial charge in [-0.15, -0.1) is 0 Å². The fraction of sp³-hybridized carbons (Fsp3) is 0. The van der Waals surface area contributed by atoms with Gasteiger partial charge in [0, 0.05) is 12.2 Å². The molecule has 0 bridgehead atoms. The lowest BCUT2D eigenvalue weighted by atomic mass is 10.1. The summed E-state index contributed by atoms with van der Waals surface area (Å²) in [7, 11) is 0. The van der Waals surface area contributed by atoms with Gasteiger partial charge in [-0.05, 0) is 0 Å². The van der Waals surface area contributed by atoms with Crippen LogP contribution in [0.1, 0.15) is 0 Å². The molecule has 0 radical (unpaired) electrons. The van der Waals surface area contributed by atoms with Crippen molar-refractivity contribution in [2.24, 2.45) is 15.7 Å². The van der Waals surface area contributed by atoms with Crippen molar-refractivity contribution in [2.45, 2.75) is 0 Å². The second-order valence-corrected chi connectivity index (χ2v) is 2.76. The molecule has 0 aromatic rings. The molecule has 0 spiro atoms. The molecule has 12 heavy (non-hydrogen) atoms. The highest BCUT2D eigenvalue weighted by Crippen LogP contribution is 2.22. The second-order valence-electron chi connectivity index (χ2n) is 2.35. The highest BCUT2D eigenvalue weighted by molar-refractivity contribution is 6.50. The molecule has 1 heterocycles. The van der Waals surface area contributed by atoms with Gasteiger partial charge in [0.1, 0.15) is 5.71 Å². The van der Waals surface area contributed by atoms with Crippen LogP contribution in [0.25, 0.3) is 0 Å². The minimum Gasteiger partial charge on any atom is -0.368 e. The van der Waals surface area contributed by atoms with Crippen molar-refractivity contribution in [2.75, 3.05) is 0 Å². The molecule has 2 aliphatic rings. The monoisotopic (exact) mass is 181 g/mol. The lowest BCUT2D eigenvalue weighted by Crippen LogP contribution is -2.08. The van der Waals surface area contributed by atoms with Crippen molar-refractivity contribution >= 4 is 29.1 Å². The van der Waals surface area contributed by atoms with E-state index >= 15 is 0 Å². The molecule has 2 N–H and O–H groups in total. The number of nitrogens with zero attached hydrogens (tertiary/aromatic N) is 2. The van der Waals surface area contributed by atoms with Crippen LogP contribution >= 0.6 is 11.6 Å². The zero-order valence-electron chi connectivity index (χ0n) is 5.91. The Bertz CT molecular complexity index is 383. The quantitative estimate of drug-likeness (QED) is 0.548. The van der Waals surface area contributed by atoms with E-state index in [4.69, 9.17) is 17.3 Å². The SMILES string of the molecule is NC1=NC2=CC(=O)C=C(Cl)C2=N1. The van der Waals surface area contributed by atoms with Crippen LogP contribution in [0.15, 0.2) is 32.9 Å². The summed E-state index contributed by atoms with van der Waals surface area (Å²) in [5.41, 5.74) is 6.26. The first kappa shape index (κ1) is 7.24. The van der Waals surface area contributed by atoms with Gasteiger partial charge >= 0.3 is 0 Å². The number of aliphatic imine (C=N–C) groups is 2. The summed E-state index contributed by atoms with van der Waals surface area (Å²) < 4.78 is 0. The van der Waals surface area contributed by atoms with Gasteiger partial charge in [0.2, 0.25) is 5.96 Å². The number of fused-ring (bicyclic) bond motifs is 1. The maximum absolute atomic E-state index is 10.9. The number of guanidine groups is 1. The lowest BCUT2D eigenvalue weighted by Gasteiger charge is -2.02. The van der Waals surface area contributed by atoms with E-state index in [2.05, 4.69) is 9.98 Å². The van der Waals surface area contributed by atoms with Crippen molar-refractivity contribution in [3.8, 4) is 0 Å². The Morgan fingerprint density at radius 3 is 2.83 bits per heavy atom. The van der Waals surface area contributed by atoms with Crippen LogP contribution in [-0.4, -0.2) is 17.5 Å². The number of hydrogen-bond acceptors (Lipinski definition) is 4. The van der Waals surface area contributed by atoms with E-state index in [0.717, 1.165) is 0 Å². The summed E-state index contributed by atoms with van der Waals surface area (Å²) in [6, 6.07) is 0. The first-order chi connectivity index (χ1) is 5.66. The molecule has 2 rings (SSSR count). The third-order valence-electron chi connectivity index (χ3n) is 1.48. The predicted octanol–water partition coefficient (Wildman–Crippen LogP) is 0.345. The number of nitrogens with two attached hydrogens (primary N) is 1. The minimum atomic E-state index is -0.188. The van der Waals surface area contributed by atoms with Crippen LogP contribution in [0, 0.1) is 0 Å². The van der Waals surface area contributed by atoms with Gasteiger partial charge in [-0.3, -0.25) is 4.79 Å². The molecular formula is C7H4ClN3O. The number of rotatable bonds is 0.